The van der Waals surface area contributed by atoms with Crippen molar-refractivity contribution in [3.63, 3.8) is 0 Å². The molecule has 4 heteroatoms. The van der Waals surface area contributed by atoms with E-state index in [0.29, 0.717) is 0 Å². The fraction of sp³-hybridized carbons (Fsp3) is 0.500. The first-order valence-corrected chi connectivity index (χ1v) is 1.33. The zero-order valence-corrected chi connectivity index (χ0v) is 3.25. The molecule has 0 aliphatic rings. The summed E-state index contributed by atoms with van der Waals surface area (Å²) in [5, 5.41) is 12.3. The maximum Gasteiger partial charge on any atom is 0.208 e. The quantitative estimate of drug-likeness (QED) is 0.154. The lowest BCUT2D eigenvalue weighted by Crippen LogP contribution is -1.78. The van der Waals surface area contributed by atoms with Crippen molar-refractivity contribution in [2.75, 3.05) is 0 Å². The number of hydrogen-bond donors (Lipinski definition) is 1. The molecule has 0 rings (SSSR count). The van der Waals surface area contributed by atoms with Crippen LogP contribution in [0.25, 0.3) is 0 Å². The second-order valence-corrected chi connectivity index (χ2v) is 0.739. The largest absolute Gasteiger partial charge is 0.409 e. The first-order chi connectivity index (χ1) is 2.81. The Balaban J connectivity index is 3.50. The van der Waals surface area contributed by atoms with Crippen molar-refractivity contribution in [3.05, 3.63) is 4.91 Å². The van der Waals surface area contributed by atoms with Gasteiger partial charge in [0.1, 0.15) is 0 Å². The van der Waals surface area contributed by atoms with E-state index in [1.165, 1.54) is 6.92 Å². The van der Waals surface area contributed by atoms with Crippen molar-refractivity contribution in [1.82, 2.24) is 0 Å². The monoisotopic (exact) mass is 88.0 g/mol. The van der Waals surface area contributed by atoms with Gasteiger partial charge >= 0.3 is 0 Å². The summed E-state index contributed by atoms with van der Waals surface area (Å²) in [5.41, 5.74) is 0. The molecule has 0 unspecified atom stereocenters. The van der Waals surface area contributed by atoms with Crippen molar-refractivity contribution >= 4 is 5.84 Å². The highest BCUT2D eigenvalue weighted by Crippen LogP contribution is 1.70. The molecule has 0 aromatic heterocycles. The molecule has 0 fully saturated rings. The number of nitrogens with zero attached hydrogens (tertiary/aromatic N) is 2. The Morgan fingerprint density at radius 1 is 1.83 bits per heavy atom. The lowest BCUT2D eigenvalue weighted by molar-refractivity contribution is 0.318. The lowest BCUT2D eigenvalue weighted by atomic mass is 10.7. The average Bonchev–Trinajstić information content (AvgIpc) is 1.65. The summed E-state index contributed by atoms with van der Waals surface area (Å²) in [6.45, 7) is 1.30. The van der Waals surface area contributed by atoms with E-state index in [-0.39, 0.29) is 5.84 Å². The summed E-state index contributed by atoms with van der Waals surface area (Å²) in [6, 6.07) is 0. The van der Waals surface area contributed by atoms with Gasteiger partial charge in [-0.05, 0) is 5.18 Å². The van der Waals surface area contributed by atoms with Crippen LogP contribution in [0.4, 0.5) is 0 Å². The van der Waals surface area contributed by atoms with Crippen LogP contribution in [0, 0.1) is 4.91 Å². The van der Waals surface area contributed by atoms with E-state index in [1.54, 1.807) is 0 Å². The van der Waals surface area contributed by atoms with Crippen LogP contribution in [-0.4, -0.2) is 11.0 Å². The van der Waals surface area contributed by atoms with Gasteiger partial charge in [0.2, 0.25) is 5.84 Å². The number of nitroso groups, excluding NO2 is 1. The zero-order valence-electron chi connectivity index (χ0n) is 3.25. The van der Waals surface area contributed by atoms with Crippen molar-refractivity contribution in [2.45, 2.75) is 6.92 Å². The molecule has 0 heterocycles. The number of amidine groups is 1. The summed E-state index contributed by atoms with van der Waals surface area (Å²) in [7, 11) is 0. The summed E-state index contributed by atoms with van der Waals surface area (Å²) < 4.78 is 0. The Hall–Kier alpha value is -0.930. The Morgan fingerprint density at radius 2 is 2.33 bits per heavy atom. The third-order valence-corrected chi connectivity index (χ3v) is 0.277. The predicted molar refractivity (Wildman–Crippen MR) is 20.7 cm³/mol. The minimum Gasteiger partial charge on any atom is -0.409 e. The van der Waals surface area contributed by atoms with Crippen LogP contribution in [0.5, 0.6) is 0 Å². The first-order valence-electron chi connectivity index (χ1n) is 1.33. The molecule has 0 aromatic rings. The van der Waals surface area contributed by atoms with Crippen LogP contribution >= 0.6 is 0 Å². The Labute approximate surface area is 34.4 Å². The molecule has 34 valence electrons. The van der Waals surface area contributed by atoms with Crippen LogP contribution in [0.15, 0.2) is 10.3 Å². The molecule has 4 nitrogen and oxygen atoms in total. The maximum absolute atomic E-state index is 9.20. The van der Waals surface area contributed by atoms with E-state index in [2.05, 4.69) is 10.3 Å². The fourth-order valence-corrected chi connectivity index (χ4v) is 0.0183. The fourth-order valence-electron chi connectivity index (χ4n) is 0.0183. The van der Waals surface area contributed by atoms with Crippen LogP contribution < -0.4 is 0 Å². The van der Waals surface area contributed by atoms with Gasteiger partial charge in [-0.15, -0.1) is 4.91 Å². The normalized spacial score (nSPS) is 11.2. The SMILES string of the molecule is CC(N=O)=NO. The highest BCUT2D eigenvalue weighted by molar-refractivity contribution is 5.79. The molecule has 1 N–H and O–H groups in total. The molecule has 0 aliphatic carbocycles. The molecule has 0 saturated carbocycles. The van der Waals surface area contributed by atoms with E-state index in [4.69, 9.17) is 5.21 Å². The van der Waals surface area contributed by atoms with Crippen LogP contribution in [-0.2, 0) is 0 Å². The average molecular weight is 88.1 g/mol. The molecule has 0 aromatic carbocycles. The Bertz CT molecular complexity index is 77.6. The third-order valence-electron chi connectivity index (χ3n) is 0.277. The number of hydrogen-bond acceptors (Lipinski definition) is 3. The second-order valence-electron chi connectivity index (χ2n) is 0.739. The second kappa shape index (κ2) is 2.32. The highest BCUT2D eigenvalue weighted by Gasteiger charge is 1.78. The summed E-state index contributed by atoms with van der Waals surface area (Å²) in [6.07, 6.45) is 0. The van der Waals surface area contributed by atoms with Gasteiger partial charge in [0.25, 0.3) is 0 Å². The molecule has 0 atom stereocenters. The van der Waals surface area contributed by atoms with E-state index in [9.17, 15) is 4.91 Å². The van der Waals surface area contributed by atoms with E-state index >= 15 is 0 Å². The number of oxime groups is 1. The van der Waals surface area contributed by atoms with Crippen molar-refractivity contribution < 1.29 is 5.21 Å². The standard InChI is InChI=1S/C2H4N2O2/c1-2(3-5)4-6/h5H,1H3. The van der Waals surface area contributed by atoms with Gasteiger partial charge in [-0.2, -0.15) is 0 Å². The van der Waals surface area contributed by atoms with Gasteiger partial charge in [-0.1, -0.05) is 5.16 Å². The van der Waals surface area contributed by atoms with Crippen LogP contribution in [0.3, 0.4) is 0 Å². The van der Waals surface area contributed by atoms with Gasteiger partial charge in [0.15, 0.2) is 0 Å². The Morgan fingerprint density at radius 3 is 2.33 bits per heavy atom. The van der Waals surface area contributed by atoms with Gasteiger partial charge in [0.05, 0.1) is 0 Å². The zero-order chi connectivity index (χ0) is 4.99. The molecule has 0 bridgehead atoms. The molecule has 0 radical (unpaired) electrons. The van der Waals surface area contributed by atoms with E-state index in [1.807, 2.05) is 0 Å². The molecule has 0 saturated heterocycles. The van der Waals surface area contributed by atoms with E-state index in [0.717, 1.165) is 0 Å². The third kappa shape index (κ3) is 1.40. The Kier molecular flexibility index (Phi) is 1.96. The minimum absolute atomic E-state index is 0.157. The highest BCUT2D eigenvalue weighted by atomic mass is 16.4. The van der Waals surface area contributed by atoms with Gasteiger partial charge in [-0.25, -0.2) is 0 Å². The summed E-state index contributed by atoms with van der Waals surface area (Å²) in [5.74, 6) is -0.157. The van der Waals surface area contributed by atoms with Gasteiger partial charge < -0.3 is 5.21 Å². The lowest BCUT2D eigenvalue weighted by Gasteiger charge is -1.70. The van der Waals surface area contributed by atoms with Gasteiger partial charge in [-0.3, -0.25) is 0 Å². The minimum atomic E-state index is -0.157. The smallest absolute Gasteiger partial charge is 0.208 e. The molecular formula is C2H4N2O2. The topological polar surface area (TPSA) is 62.0 Å². The predicted octanol–water partition coefficient (Wildman–Crippen LogP) is 0.560. The van der Waals surface area contributed by atoms with Crippen molar-refractivity contribution in [3.8, 4) is 0 Å². The number of rotatable bonds is 0. The van der Waals surface area contributed by atoms with Crippen molar-refractivity contribution in [1.29, 1.82) is 0 Å². The summed E-state index contributed by atoms with van der Waals surface area (Å²) >= 11 is 0. The molecule has 0 amide bonds. The van der Waals surface area contributed by atoms with Gasteiger partial charge in [0, 0.05) is 6.92 Å². The molecule has 0 aliphatic heterocycles. The van der Waals surface area contributed by atoms with Crippen LogP contribution in [0.2, 0.25) is 0 Å². The maximum atomic E-state index is 9.20. The van der Waals surface area contributed by atoms with Crippen LogP contribution in [0.1, 0.15) is 6.92 Å². The summed E-state index contributed by atoms with van der Waals surface area (Å²) in [4.78, 5) is 9.20. The molecular weight excluding hydrogens is 84.0 g/mol. The van der Waals surface area contributed by atoms with Crippen molar-refractivity contribution in [2.24, 2.45) is 10.3 Å². The van der Waals surface area contributed by atoms with E-state index < -0.39 is 0 Å². The molecule has 0 spiro atoms. The molecule has 6 heavy (non-hydrogen) atoms. The first kappa shape index (κ1) is 5.07.